The fourth-order valence-corrected chi connectivity index (χ4v) is 2.80. The van der Waals surface area contributed by atoms with Crippen LogP contribution in [0.1, 0.15) is 26.3 Å². The van der Waals surface area contributed by atoms with Crippen molar-refractivity contribution < 1.29 is 33.0 Å². The quantitative estimate of drug-likeness (QED) is 0.428. The van der Waals surface area contributed by atoms with E-state index in [4.69, 9.17) is 9.47 Å². The lowest BCUT2D eigenvalue weighted by atomic mass is 9.98. The molecule has 1 heterocycles. The van der Waals surface area contributed by atoms with Crippen LogP contribution in [0.4, 0.5) is 4.39 Å². The van der Waals surface area contributed by atoms with Crippen molar-refractivity contribution >= 4 is 23.6 Å². The highest BCUT2D eigenvalue weighted by Crippen LogP contribution is 2.20. The monoisotopic (exact) mass is 385 g/mol. The molecule has 2 aromatic rings. The smallest absolute Gasteiger partial charge is 0.326 e. The van der Waals surface area contributed by atoms with Crippen molar-refractivity contribution in [1.82, 2.24) is 4.90 Å². The van der Waals surface area contributed by atoms with Gasteiger partial charge in [0.1, 0.15) is 6.54 Å². The van der Waals surface area contributed by atoms with Crippen molar-refractivity contribution in [2.24, 2.45) is 0 Å². The number of Topliss-reactive ketones (excluding diaryl/α,β-unsaturated/α-hetero) is 1. The summed E-state index contributed by atoms with van der Waals surface area (Å²) < 4.78 is 23.3. The molecule has 3 rings (SSSR count). The molecule has 0 N–H and O–H groups in total. The summed E-state index contributed by atoms with van der Waals surface area (Å²) in [6.07, 6.45) is -0.000745. The van der Waals surface area contributed by atoms with Gasteiger partial charge in [0.15, 0.2) is 24.0 Å². The Hall–Kier alpha value is -3.55. The molecule has 0 aromatic heterocycles. The maximum atomic E-state index is 13.7. The average molecular weight is 385 g/mol. The average Bonchev–Trinajstić information content (AvgIpc) is 2.69. The summed E-state index contributed by atoms with van der Waals surface area (Å²) in [5, 5.41) is 0. The number of carbonyl (C=O) groups is 4. The van der Waals surface area contributed by atoms with Crippen molar-refractivity contribution in [2.45, 2.75) is 6.42 Å². The first kappa shape index (κ1) is 19.2. The number of hydrogen-bond acceptors (Lipinski definition) is 6. The van der Waals surface area contributed by atoms with Crippen LogP contribution in [-0.2, 0) is 20.7 Å². The molecule has 1 aliphatic rings. The van der Waals surface area contributed by atoms with Crippen LogP contribution in [0.25, 0.3) is 0 Å². The van der Waals surface area contributed by atoms with Crippen LogP contribution in [0.15, 0.2) is 42.5 Å². The predicted molar refractivity (Wildman–Crippen MR) is 94.4 cm³/mol. The molecule has 0 aliphatic carbocycles. The molecule has 144 valence electrons. The number of ether oxygens (including phenoxy) is 2. The summed E-state index contributed by atoms with van der Waals surface area (Å²) >= 11 is 0. The number of esters is 1. The van der Waals surface area contributed by atoms with E-state index >= 15 is 0 Å². The van der Waals surface area contributed by atoms with Crippen molar-refractivity contribution in [2.75, 3.05) is 20.3 Å². The van der Waals surface area contributed by atoms with Gasteiger partial charge in [-0.15, -0.1) is 0 Å². The second kappa shape index (κ2) is 7.99. The topological polar surface area (TPSA) is 90.0 Å². The van der Waals surface area contributed by atoms with Crippen LogP contribution in [-0.4, -0.2) is 48.7 Å². The van der Waals surface area contributed by atoms with E-state index in [1.165, 1.54) is 19.2 Å². The Labute approximate surface area is 159 Å². The molecular formula is C20H16FNO6. The van der Waals surface area contributed by atoms with Crippen LogP contribution in [0, 0.1) is 5.82 Å². The second-order valence-corrected chi connectivity index (χ2v) is 6.05. The van der Waals surface area contributed by atoms with Crippen molar-refractivity contribution in [3.8, 4) is 5.75 Å². The molecule has 2 amide bonds. The number of carbonyl (C=O) groups excluding carboxylic acids is 4. The van der Waals surface area contributed by atoms with Crippen LogP contribution in [0.5, 0.6) is 5.75 Å². The number of ketones is 1. The molecule has 0 fully saturated rings. The normalized spacial score (nSPS) is 13.1. The number of hydrogen-bond donors (Lipinski definition) is 0. The first-order valence-electron chi connectivity index (χ1n) is 8.35. The van der Waals surface area contributed by atoms with E-state index in [-0.39, 0.29) is 17.7 Å². The Morgan fingerprint density at radius 3 is 2.61 bits per heavy atom. The molecule has 0 unspecified atom stereocenters. The Balaban J connectivity index is 1.60. The van der Waals surface area contributed by atoms with Gasteiger partial charge in [-0.05, 0) is 29.8 Å². The largest absolute Gasteiger partial charge is 0.494 e. The third kappa shape index (κ3) is 3.90. The van der Waals surface area contributed by atoms with Crippen LogP contribution in [0.3, 0.4) is 0 Å². The lowest BCUT2D eigenvalue weighted by molar-refractivity contribution is -0.146. The van der Waals surface area contributed by atoms with E-state index in [0.29, 0.717) is 11.1 Å². The predicted octanol–water partition coefficient (Wildman–Crippen LogP) is 1.79. The van der Waals surface area contributed by atoms with Gasteiger partial charge in [-0.1, -0.05) is 18.2 Å². The summed E-state index contributed by atoms with van der Waals surface area (Å²) in [6.45, 7) is -1.24. The minimum atomic E-state index is -0.914. The van der Waals surface area contributed by atoms with E-state index < -0.39 is 42.5 Å². The Morgan fingerprint density at radius 1 is 1.14 bits per heavy atom. The van der Waals surface area contributed by atoms with E-state index in [9.17, 15) is 23.6 Å². The van der Waals surface area contributed by atoms with Crippen molar-refractivity contribution in [1.29, 1.82) is 0 Å². The molecular weight excluding hydrogens is 369 g/mol. The van der Waals surface area contributed by atoms with E-state index in [1.54, 1.807) is 24.3 Å². The molecule has 2 aromatic carbocycles. The Kier molecular flexibility index (Phi) is 5.49. The van der Waals surface area contributed by atoms with Crippen molar-refractivity contribution in [3.05, 3.63) is 65.0 Å². The van der Waals surface area contributed by atoms with Gasteiger partial charge in [0.2, 0.25) is 5.91 Å². The zero-order chi connectivity index (χ0) is 20.3. The van der Waals surface area contributed by atoms with Gasteiger partial charge < -0.3 is 9.47 Å². The molecule has 0 atom stereocenters. The number of halogens is 1. The fraction of sp³-hybridized carbons (Fsp3) is 0.200. The Morgan fingerprint density at radius 2 is 1.89 bits per heavy atom. The number of imide groups is 1. The highest BCUT2D eigenvalue weighted by molar-refractivity contribution is 6.11. The number of nitrogens with zero attached hydrogens (tertiary/aromatic N) is 1. The number of benzene rings is 2. The van der Waals surface area contributed by atoms with E-state index in [1.807, 2.05) is 0 Å². The highest BCUT2D eigenvalue weighted by atomic mass is 19.1. The van der Waals surface area contributed by atoms with Gasteiger partial charge in [0.05, 0.1) is 13.5 Å². The third-order valence-electron chi connectivity index (χ3n) is 4.26. The molecule has 0 saturated heterocycles. The SMILES string of the molecule is COc1ccc(C(=O)COC(=O)CN2C(=O)Cc3ccccc3C2=O)cc1F. The number of methoxy groups -OCH3 is 1. The van der Waals surface area contributed by atoms with Gasteiger partial charge in [0, 0.05) is 11.1 Å². The number of amides is 2. The van der Waals surface area contributed by atoms with Crippen LogP contribution in [0.2, 0.25) is 0 Å². The Bertz CT molecular complexity index is 971. The lowest BCUT2D eigenvalue weighted by Crippen LogP contribution is -2.45. The zero-order valence-electron chi connectivity index (χ0n) is 14.9. The zero-order valence-corrected chi connectivity index (χ0v) is 14.9. The summed E-state index contributed by atoms with van der Waals surface area (Å²) in [6, 6.07) is 10.2. The molecule has 0 bridgehead atoms. The second-order valence-electron chi connectivity index (χ2n) is 6.05. The number of fused-ring (bicyclic) bond motifs is 1. The molecule has 7 nitrogen and oxygen atoms in total. The molecule has 0 radical (unpaired) electrons. The van der Waals surface area contributed by atoms with Crippen LogP contribution >= 0.6 is 0 Å². The minimum Gasteiger partial charge on any atom is -0.494 e. The molecule has 0 spiro atoms. The van der Waals surface area contributed by atoms with Gasteiger partial charge in [-0.2, -0.15) is 0 Å². The molecule has 1 aliphatic heterocycles. The first-order valence-corrected chi connectivity index (χ1v) is 8.35. The van der Waals surface area contributed by atoms with Crippen LogP contribution < -0.4 is 4.74 Å². The summed E-state index contributed by atoms with van der Waals surface area (Å²) in [5.74, 6) is -3.39. The summed E-state index contributed by atoms with van der Waals surface area (Å²) in [4.78, 5) is 49.4. The standard InChI is InChI=1S/C20H16FNO6/c1-27-17-7-6-13(8-15(17)21)16(23)11-28-19(25)10-22-18(24)9-12-4-2-3-5-14(12)20(22)26/h2-8H,9-11H2,1H3. The lowest BCUT2D eigenvalue weighted by Gasteiger charge is -2.25. The number of rotatable bonds is 6. The summed E-state index contributed by atoms with van der Waals surface area (Å²) in [5.41, 5.74) is 0.948. The third-order valence-corrected chi connectivity index (χ3v) is 4.26. The van der Waals surface area contributed by atoms with E-state index in [0.717, 1.165) is 11.0 Å². The maximum absolute atomic E-state index is 13.7. The van der Waals surface area contributed by atoms with E-state index in [2.05, 4.69) is 0 Å². The fourth-order valence-electron chi connectivity index (χ4n) is 2.80. The van der Waals surface area contributed by atoms with Gasteiger partial charge >= 0.3 is 5.97 Å². The molecule has 0 saturated carbocycles. The van der Waals surface area contributed by atoms with Gasteiger partial charge in [-0.25, -0.2) is 4.39 Å². The highest BCUT2D eigenvalue weighted by Gasteiger charge is 2.32. The summed E-state index contributed by atoms with van der Waals surface area (Å²) in [7, 11) is 1.29. The first-order chi connectivity index (χ1) is 13.4. The van der Waals surface area contributed by atoms with Gasteiger partial charge in [-0.3, -0.25) is 24.1 Å². The maximum Gasteiger partial charge on any atom is 0.326 e. The van der Waals surface area contributed by atoms with Crippen molar-refractivity contribution in [3.63, 3.8) is 0 Å². The van der Waals surface area contributed by atoms with Gasteiger partial charge in [0.25, 0.3) is 5.91 Å². The molecule has 28 heavy (non-hydrogen) atoms. The molecule has 8 heteroatoms. The minimum absolute atomic E-state index is 0.000745.